The van der Waals surface area contributed by atoms with Gasteiger partial charge in [0.05, 0.1) is 18.3 Å². The summed E-state index contributed by atoms with van der Waals surface area (Å²) in [6.45, 7) is 3.20. The summed E-state index contributed by atoms with van der Waals surface area (Å²) < 4.78 is 32.4. The van der Waals surface area contributed by atoms with Crippen molar-refractivity contribution in [3.8, 4) is 10.4 Å². The first-order valence-electron chi connectivity index (χ1n) is 9.23. The van der Waals surface area contributed by atoms with E-state index in [1.807, 2.05) is 31.2 Å². The molecule has 4 aromatic rings. The van der Waals surface area contributed by atoms with Crippen LogP contribution in [0.25, 0.3) is 20.7 Å². The molecule has 0 aliphatic carbocycles. The van der Waals surface area contributed by atoms with Gasteiger partial charge in [-0.05, 0) is 18.6 Å². The molecule has 4 N–H and O–H groups in total. The van der Waals surface area contributed by atoms with Crippen molar-refractivity contribution in [3.05, 3.63) is 70.0 Å². The zero-order valence-corrected chi connectivity index (χ0v) is 17.5. The third-order valence-electron chi connectivity index (χ3n) is 4.23. The molecular formula is C20H18F3N5O3S. The van der Waals surface area contributed by atoms with Crippen molar-refractivity contribution in [2.45, 2.75) is 26.2 Å². The Kier molecular flexibility index (Phi) is 7.05. The van der Waals surface area contributed by atoms with Gasteiger partial charge in [-0.1, -0.05) is 30.3 Å². The number of rotatable bonds is 5. The lowest BCUT2D eigenvalue weighted by Crippen LogP contribution is -2.21. The lowest BCUT2D eigenvalue weighted by molar-refractivity contribution is -0.192. The van der Waals surface area contributed by atoms with E-state index in [1.54, 1.807) is 6.20 Å². The maximum atomic E-state index is 12.4. The molecule has 0 fully saturated rings. The fourth-order valence-corrected chi connectivity index (χ4v) is 3.78. The highest BCUT2D eigenvalue weighted by Crippen LogP contribution is 2.31. The Hall–Kier alpha value is -3.51. The Balaban J connectivity index is 0.000000360. The number of carboxylic acid groups (broad SMARTS) is 1. The summed E-state index contributed by atoms with van der Waals surface area (Å²) in [6.07, 6.45) is -3.31. The first-order chi connectivity index (χ1) is 15.1. The number of H-pyrrole nitrogens is 2. The molecule has 3 heterocycles. The SMILES string of the molecule is Cc1[nH]ncc1-c1cc2nc(CNCc3ccccc3)[nH]c(=O)c2s1.O=C(O)C(F)(F)F. The van der Waals surface area contributed by atoms with Crippen LogP contribution in [0.15, 0.2) is 47.4 Å². The molecule has 0 amide bonds. The van der Waals surface area contributed by atoms with Gasteiger partial charge >= 0.3 is 12.1 Å². The molecule has 0 aliphatic heterocycles. The van der Waals surface area contributed by atoms with E-state index in [2.05, 4.69) is 37.6 Å². The number of aryl methyl sites for hydroxylation is 1. The van der Waals surface area contributed by atoms with Crippen molar-refractivity contribution in [2.24, 2.45) is 0 Å². The highest BCUT2D eigenvalue weighted by atomic mass is 32.1. The van der Waals surface area contributed by atoms with E-state index >= 15 is 0 Å². The predicted molar refractivity (Wildman–Crippen MR) is 113 cm³/mol. The van der Waals surface area contributed by atoms with Crippen LogP contribution in [-0.2, 0) is 17.9 Å². The minimum atomic E-state index is -5.08. The van der Waals surface area contributed by atoms with Gasteiger partial charge < -0.3 is 15.4 Å². The number of nitrogens with zero attached hydrogens (tertiary/aromatic N) is 2. The van der Waals surface area contributed by atoms with Crippen molar-refractivity contribution in [1.29, 1.82) is 0 Å². The summed E-state index contributed by atoms with van der Waals surface area (Å²) in [6, 6.07) is 12.1. The van der Waals surface area contributed by atoms with Crippen LogP contribution in [0.2, 0.25) is 0 Å². The number of benzene rings is 1. The van der Waals surface area contributed by atoms with E-state index in [0.29, 0.717) is 17.1 Å². The van der Waals surface area contributed by atoms with E-state index in [-0.39, 0.29) is 5.56 Å². The smallest absolute Gasteiger partial charge is 0.475 e. The van der Waals surface area contributed by atoms with Crippen molar-refractivity contribution in [1.82, 2.24) is 25.5 Å². The van der Waals surface area contributed by atoms with Gasteiger partial charge in [-0.2, -0.15) is 18.3 Å². The predicted octanol–water partition coefficient (Wildman–Crippen LogP) is 3.61. The van der Waals surface area contributed by atoms with Crippen LogP contribution >= 0.6 is 11.3 Å². The number of aromatic nitrogens is 4. The van der Waals surface area contributed by atoms with Crippen LogP contribution < -0.4 is 10.9 Å². The van der Waals surface area contributed by atoms with Crippen LogP contribution in [0, 0.1) is 6.92 Å². The van der Waals surface area contributed by atoms with Crippen LogP contribution in [0.4, 0.5) is 13.2 Å². The van der Waals surface area contributed by atoms with Crippen molar-refractivity contribution >= 4 is 27.5 Å². The second-order valence-electron chi connectivity index (χ2n) is 6.64. The fourth-order valence-electron chi connectivity index (χ4n) is 2.72. The molecule has 0 unspecified atom stereocenters. The highest BCUT2D eigenvalue weighted by molar-refractivity contribution is 7.22. The van der Waals surface area contributed by atoms with Gasteiger partial charge in [-0.3, -0.25) is 9.89 Å². The van der Waals surface area contributed by atoms with Gasteiger partial charge in [0, 0.05) is 22.7 Å². The number of thiophene rings is 1. The van der Waals surface area contributed by atoms with Crippen LogP contribution in [0.5, 0.6) is 0 Å². The largest absolute Gasteiger partial charge is 0.490 e. The average molecular weight is 465 g/mol. The second kappa shape index (κ2) is 9.75. The van der Waals surface area contributed by atoms with E-state index in [1.165, 1.54) is 16.9 Å². The molecule has 0 saturated carbocycles. The normalized spacial score (nSPS) is 11.2. The molecule has 1 aromatic carbocycles. The third kappa shape index (κ3) is 5.80. The second-order valence-corrected chi connectivity index (χ2v) is 7.69. The van der Waals surface area contributed by atoms with Crippen molar-refractivity contribution in [3.63, 3.8) is 0 Å². The van der Waals surface area contributed by atoms with Crippen LogP contribution in [-0.4, -0.2) is 37.4 Å². The van der Waals surface area contributed by atoms with Gasteiger partial charge in [0.25, 0.3) is 5.56 Å². The zero-order chi connectivity index (χ0) is 23.3. The van der Waals surface area contributed by atoms with Crippen molar-refractivity contribution < 1.29 is 23.1 Å². The number of aromatic amines is 2. The summed E-state index contributed by atoms with van der Waals surface area (Å²) >= 11 is 1.44. The summed E-state index contributed by atoms with van der Waals surface area (Å²) in [5, 5.41) is 17.4. The third-order valence-corrected chi connectivity index (χ3v) is 5.39. The van der Waals surface area contributed by atoms with E-state index < -0.39 is 12.1 Å². The van der Waals surface area contributed by atoms with Gasteiger partial charge in [-0.25, -0.2) is 9.78 Å². The van der Waals surface area contributed by atoms with Gasteiger partial charge in [0.1, 0.15) is 10.5 Å². The number of fused-ring (bicyclic) bond motifs is 1. The van der Waals surface area contributed by atoms with Gasteiger partial charge in [-0.15, -0.1) is 11.3 Å². The molecular weight excluding hydrogens is 447 g/mol. The van der Waals surface area contributed by atoms with Crippen LogP contribution in [0.1, 0.15) is 17.1 Å². The van der Waals surface area contributed by atoms with Gasteiger partial charge in [0.2, 0.25) is 0 Å². The lowest BCUT2D eigenvalue weighted by atomic mass is 10.2. The monoisotopic (exact) mass is 465 g/mol. The average Bonchev–Trinajstić information content (AvgIpc) is 3.34. The Labute approximate surface area is 183 Å². The Bertz CT molecular complexity index is 1260. The molecule has 8 nitrogen and oxygen atoms in total. The van der Waals surface area contributed by atoms with E-state index in [4.69, 9.17) is 9.90 Å². The van der Waals surface area contributed by atoms with E-state index in [9.17, 15) is 18.0 Å². The fraction of sp³-hybridized carbons (Fsp3) is 0.200. The minimum Gasteiger partial charge on any atom is -0.475 e. The number of nitrogens with one attached hydrogen (secondary N) is 3. The number of carbonyl (C=O) groups is 1. The molecule has 32 heavy (non-hydrogen) atoms. The molecule has 168 valence electrons. The first-order valence-corrected chi connectivity index (χ1v) is 10.0. The molecule has 0 radical (unpaired) electrons. The molecule has 0 aliphatic rings. The lowest BCUT2D eigenvalue weighted by Gasteiger charge is -2.04. The van der Waals surface area contributed by atoms with E-state index in [0.717, 1.165) is 28.2 Å². The first kappa shape index (κ1) is 23.2. The maximum absolute atomic E-state index is 12.4. The quantitative estimate of drug-likeness (QED) is 0.357. The molecule has 0 saturated heterocycles. The Morgan fingerprint density at radius 1 is 1.22 bits per heavy atom. The zero-order valence-electron chi connectivity index (χ0n) is 16.7. The Morgan fingerprint density at radius 2 is 1.91 bits per heavy atom. The molecule has 0 spiro atoms. The standard InChI is InChI=1S/C18H17N5OS.C2HF3O2/c1-11-13(9-20-23-11)15-7-14-17(25-15)18(24)22-16(21-14)10-19-8-12-5-3-2-4-6-12;3-2(4,5)1(6)7/h2-7,9,19H,8,10H2,1H3,(H,20,23)(H,21,22,24);(H,6,7). The summed E-state index contributed by atoms with van der Waals surface area (Å²) in [5.41, 5.74) is 3.80. The highest BCUT2D eigenvalue weighted by Gasteiger charge is 2.38. The van der Waals surface area contributed by atoms with Crippen molar-refractivity contribution in [2.75, 3.05) is 0 Å². The molecule has 3 aromatic heterocycles. The summed E-state index contributed by atoms with van der Waals surface area (Å²) in [5.74, 6) is -2.12. The molecule has 4 rings (SSSR count). The molecule has 0 atom stereocenters. The number of halogens is 3. The summed E-state index contributed by atoms with van der Waals surface area (Å²) in [7, 11) is 0. The summed E-state index contributed by atoms with van der Waals surface area (Å²) in [4.78, 5) is 29.7. The number of carboxylic acids is 1. The molecule has 0 bridgehead atoms. The van der Waals surface area contributed by atoms with Gasteiger partial charge in [0.15, 0.2) is 0 Å². The number of alkyl halides is 3. The minimum absolute atomic E-state index is 0.0982. The number of hydrogen-bond acceptors (Lipinski definition) is 6. The Morgan fingerprint density at radius 3 is 2.50 bits per heavy atom. The maximum Gasteiger partial charge on any atom is 0.490 e. The van der Waals surface area contributed by atoms with Crippen LogP contribution in [0.3, 0.4) is 0 Å². The topological polar surface area (TPSA) is 124 Å². The number of aliphatic carboxylic acids is 1. The molecule has 12 heteroatoms. The number of hydrogen-bond donors (Lipinski definition) is 4.